The number of rotatable bonds is 2. The lowest BCUT2D eigenvalue weighted by molar-refractivity contribution is 0.932. The molecule has 0 bridgehead atoms. The molecule has 0 fully saturated rings. The van der Waals surface area contributed by atoms with Gasteiger partial charge in [-0.05, 0) is 6.92 Å². The second kappa shape index (κ2) is 4.53. The van der Waals surface area contributed by atoms with E-state index in [1.54, 1.807) is 12.4 Å². The van der Waals surface area contributed by atoms with Gasteiger partial charge in [0.05, 0.1) is 5.69 Å². The predicted molar refractivity (Wildman–Crippen MR) is 62.2 cm³/mol. The summed E-state index contributed by atoms with van der Waals surface area (Å²) in [4.78, 5) is 16.6. The van der Waals surface area contributed by atoms with Crippen LogP contribution in [0.4, 0.5) is 0 Å². The Balaban J connectivity index is 2.60. The van der Waals surface area contributed by atoms with Crippen molar-refractivity contribution in [1.29, 1.82) is 0 Å². The van der Waals surface area contributed by atoms with Crippen LogP contribution in [-0.2, 0) is 6.42 Å². The molecular formula is C11H11ClN4. The van der Waals surface area contributed by atoms with E-state index in [0.717, 1.165) is 29.1 Å². The molecule has 0 N–H and O–H groups in total. The Morgan fingerprint density at radius 1 is 1.19 bits per heavy atom. The van der Waals surface area contributed by atoms with Crippen molar-refractivity contribution >= 4 is 11.6 Å². The number of nitrogens with zero attached hydrogens (tertiary/aromatic N) is 4. The van der Waals surface area contributed by atoms with Crippen LogP contribution >= 0.6 is 11.6 Å². The molecule has 5 heteroatoms. The molecule has 4 nitrogen and oxygen atoms in total. The van der Waals surface area contributed by atoms with E-state index < -0.39 is 0 Å². The SMILES string of the molecule is CCc1nc(Cl)c(C)c(-c2cncnc2)n1. The van der Waals surface area contributed by atoms with E-state index >= 15 is 0 Å². The molecule has 0 aliphatic carbocycles. The minimum atomic E-state index is 0.491. The molecule has 2 rings (SSSR count). The summed E-state index contributed by atoms with van der Waals surface area (Å²) >= 11 is 6.06. The zero-order valence-corrected chi connectivity index (χ0v) is 9.86. The van der Waals surface area contributed by atoms with Gasteiger partial charge >= 0.3 is 0 Å². The maximum absolute atomic E-state index is 6.06. The first-order valence-corrected chi connectivity index (χ1v) is 5.38. The van der Waals surface area contributed by atoms with Gasteiger partial charge < -0.3 is 0 Å². The fraction of sp³-hybridized carbons (Fsp3) is 0.273. The van der Waals surface area contributed by atoms with Gasteiger partial charge in [0.25, 0.3) is 0 Å². The zero-order valence-electron chi connectivity index (χ0n) is 9.11. The fourth-order valence-corrected chi connectivity index (χ4v) is 1.58. The zero-order chi connectivity index (χ0) is 11.5. The molecule has 0 spiro atoms. The fourth-order valence-electron chi connectivity index (χ4n) is 1.39. The minimum Gasteiger partial charge on any atom is -0.244 e. The molecule has 16 heavy (non-hydrogen) atoms. The Kier molecular flexibility index (Phi) is 3.10. The van der Waals surface area contributed by atoms with Crippen LogP contribution in [0.15, 0.2) is 18.7 Å². The second-order valence-corrected chi connectivity index (χ2v) is 3.74. The molecule has 2 aromatic heterocycles. The molecule has 0 saturated carbocycles. The normalized spacial score (nSPS) is 10.4. The van der Waals surface area contributed by atoms with Crippen molar-refractivity contribution in [3.63, 3.8) is 0 Å². The van der Waals surface area contributed by atoms with Gasteiger partial charge in [-0.25, -0.2) is 19.9 Å². The molecule has 0 atom stereocenters. The van der Waals surface area contributed by atoms with Gasteiger partial charge in [0.1, 0.15) is 17.3 Å². The first-order valence-electron chi connectivity index (χ1n) is 5.00. The lowest BCUT2D eigenvalue weighted by Crippen LogP contribution is -1.99. The van der Waals surface area contributed by atoms with Crippen molar-refractivity contribution in [1.82, 2.24) is 19.9 Å². The number of halogens is 1. The summed E-state index contributed by atoms with van der Waals surface area (Å²) in [6, 6.07) is 0. The quantitative estimate of drug-likeness (QED) is 0.749. The van der Waals surface area contributed by atoms with Gasteiger partial charge in [-0.1, -0.05) is 18.5 Å². The molecule has 0 unspecified atom stereocenters. The van der Waals surface area contributed by atoms with E-state index in [2.05, 4.69) is 19.9 Å². The van der Waals surface area contributed by atoms with Crippen LogP contribution in [0.2, 0.25) is 5.15 Å². The third-order valence-electron chi connectivity index (χ3n) is 2.28. The van der Waals surface area contributed by atoms with E-state index in [0.29, 0.717) is 5.15 Å². The lowest BCUT2D eigenvalue weighted by Gasteiger charge is -2.07. The van der Waals surface area contributed by atoms with Gasteiger partial charge in [0.15, 0.2) is 0 Å². The number of hydrogen-bond acceptors (Lipinski definition) is 4. The first-order chi connectivity index (χ1) is 7.72. The van der Waals surface area contributed by atoms with Crippen LogP contribution in [0.25, 0.3) is 11.3 Å². The molecule has 0 amide bonds. The lowest BCUT2D eigenvalue weighted by atomic mass is 10.1. The molecule has 0 aromatic carbocycles. The Morgan fingerprint density at radius 3 is 2.50 bits per heavy atom. The predicted octanol–water partition coefficient (Wildman–Crippen LogP) is 2.46. The van der Waals surface area contributed by atoms with Crippen LogP contribution in [0.5, 0.6) is 0 Å². The molecule has 0 radical (unpaired) electrons. The number of aryl methyl sites for hydroxylation is 1. The minimum absolute atomic E-state index is 0.491. The summed E-state index contributed by atoms with van der Waals surface area (Å²) in [6.07, 6.45) is 5.68. The van der Waals surface area contributed by atoms with Crippen LogP contribution in [-0.4, -0.2) is 19.9 Å². The van der Waals surface area contributed by atoms with Gasteiger partial charge in [-0.3, -0.25) is 0 Å². The molecule has 0 saturated heterocycles. The third kappa shape index (κ3) is 2.02. The Labute approximate surface area is 98.8 Å². The van der Waals surface area contributed by atoms with Crippen molar-refractivity contribution in [3.8, 4) is 11.3 Å². The Bertz CT molecular complexity index is 499. The Morgan fingerprint density at radius 2 is 1.88 bits per heavy atom. The summed E-state index contributed by atoms with van der Waals surface area (Å²) in [7, 11) is 0. The third-order valence-corrected chi connectivity index (χ3v) is 2.65. The molecule has 2 heterocycles. The molecule has 0 aliphatic rings. The summed E-state index contributed by atoms with van der Waals surface area (Å²) < 4.78 is 0. The molecule has 0 aliphatic heterocycles. The number of aromatic nitrogens is 4. The van der Waals surface area contributed by atoms with E-state index in [1.807, 2.05) is 13.8 Å². The molecule has 2 aromatic rings. The highest BCUT2D eigenvalue weighted by Crippen LogP contribution is 2.24. The van der Waals surface area contributed by atoms with Crippen molar-refractivity contribution in [3.05, 3.63) is 35.3 Å². The summed E-state index contributed by atoms with van der Waals surface area (Å²) in [5.74, 6) is 0.731. The van der Waals surface area contributed by atoms with E-state index in [1.165, 1.54) is 6.33 Å². The van der Waals surface area contributed by atoms with Crippen LogP contribution < -0.4 is 0 Å². The topological polar surface area (TPSA) is 51.6 Å². The van der Waals surface area contributed by atoms with Gasteiger partial charge in [-0.2, -0.15) is 0 Å². The van der Waals surface area contributed by atoms with Crippen molar-refractivity contribution in [2.45, 2.75) is 20.3 Å². The van der Waals surface area contributed by atoms with E-state index in [9.17, 15) is 0 Å². The average molecular weight is 235 g/mol. The highest BCUT2D eigenvalue weighted by Gasteiger charge is 2.10. The largest absolute Gasteiger partial charge is 0.244 e. The maximum atomic E-state index is 6.06. The monoisotopic (exact) mass is 234 g/mol. The summed E-state index contributed by atoms with van der Waals surface area (Å²) in [6.45, 7) is 3.89. The second-order valence-electron chi connectivity index (χ2n) is 3.38. The van der Waals surface area contributed by atoms with E-state index in [-0.39, 0.29) is 0 Å². The molecule has 82 valence electrons. The van der Waals surface area contributed by atoms with E-state index in [4.69, 9.17) is 11.6 Å². The van der Waals surface area contributed by atoms with Crippen LogP contribution in [0, 0.1) is 6.92 Å². The smallest absolute Gasteiger partial charge is 0.136 e. The standard InChI is InChI=1S/C11H11ClN4/c1-3-9-15-10(7(2)11(12)16-9)8-4-13-6-14-5-8/h4-6H,3H2,1-2H3. The highest BCUT2D eigenvalue weighted by molar-refractivity contribution is 6.30. The van der Waals surface area contributed by atoms with Crippen LogP contribution in [0.3, 0.4) is 0 Å². The highest BCUT2D eigenvalue weighted by atomic mass is 35.5. The maximum Gasteiger partial charge on any atom is 0.136 e. The van der Waals surface area contributed by atoms with Gasteiger partial charge in [-0.15, -0.1) is 0 Å². The van der Waals surface area contributed by atoms with Gasteiger partial charge in [0.2, 0.25) is 0 Å². The summed E-state index contributed by atoms with van der Waals surface area (Å²) in [5.41, 5.74) is 2.52. The molecular weight excluding hydrogens is 224 g/mol. The average Bonchev–Trinajstić information content (AvgIpc) is 2.33. The van der Waals surface area contributed by atoms with Crippen molar-refractivity contribution < 1.29 is 0 Å². The Hall–Kier alpha value is -1.55. The van der Waals surface area contributed by atoms with Crippen molar-refractivity contribution in [2.75, 3.05) is 0 Å². The van der Waals surface area contributed by atoms with Crippen LogP contribution in [0.1, 0.15) is 18.3 Å². The van der Waals surface area contributed by atoms with Gasteiger partial charge in [0, 0.05) is 29.9 Å². The van der Waals surface area contributed by atoms with Crippen molar-refractivity contribution in [2.24, 2.45) is 0 Å². The summed E-state index contributed by atoms with van der Waals surface area (Å²) in [5, 5.41) is 0.491. The number of hydrogen-bond donors (Lipinski definition) is 0. The first kappa shape index (κ1) is 11.0.